The van der Waals surface area contributed by atoms with E-state index in [1.165, 1.54) is 5.56 Å². The Labute approximate surface area is 159 Å². The van der Waals surface area contributed by atoms with Crippen LogP contribution in [0.2, 0.25) is 5.02 Å². The molecule has 4 heteroatoms. The van der Waals surface area contributed by atoms with Crippen molar-refractivity contribution in [2.45, 2.75) is 32.7 Å². The lowest BCUT2D eigenvalue weighted by atomic mass is 10.1. The normalized spacial score (nSPS) is 12.1. The van der Waals surface area contributed by atoms with E-state index in [2.05, 4.69) is 35.8 Å². The number of carbonyl (C=O) groups is 1. The molecule has 3 nitrogen and oxygen atoms in total. The van der Waals surface area contributed by atoms with Crippen molar-refractivity contribution < 1.29 is 4.79 Å². The molecule has 2 aromatic carbocycles. The summed E-state index contributed by atoms with van der Waals surface area (Å²) in [6, 6.07) is 20.2. The number of amides is 1. The predicted molar refractivity (Wildman–Crippen MR) is 108 cm³/mol. The zero-order chi connectivity index (χ0) is 18.7. The van der Waals surface area contributed by atoms with Gasteiger partial charge < -0.3 is 10.3 Å². The maximum Gasteiger partial charge on any atom is 0.250 e. The van der Waals surface area contributed by atoms with E-state index in [0.29, 0.717) is 10.6 Å². The predicted octanol–water partition coefficient (Wildman–Crippen LogP) is 5.41. The highest BCUT2D eigenvalue weighted by molar-refractivity contribution is 6.33. The van der Waals surface area contributed by atoms with Gasteiger partial charge in [-0.1, -0.05) is 60.1 Å². The van der Waals surface area contributed by atoms with Gasteiger partial charge in [0.15, 0.2) is 0 Å². The van der Waals surface area contributed by atoms with Crippen LogP contribution in [-0.4, -0.2) is 10.5 Å². The number of rotatable bonds is 6. The molecular formula is C22H23ClN2O. The first kappa shape index (κ1) is 18.3. The monoisotopic (exact) mass is 366 g/mol. The minimum atomic E-state index is -0.412. The van der Waals surface area contributed by atoms with Gasteiger partial charge in [0.25, 0.3) is 5.91 Å². The Hall–Kier alpha value is -2.52. The van der Waals surface area contributed by atoms with Gasteiger partial charge in [-0.3, -0.25) is 4.79 Å². The standard InChI is InChI=1S/C22H23ClN2O/c1-15(12-13-17-8-4-3-5-9-17)25-16(2)19(22(24)26)14-21(25)18-10-6-7-11-20(18)23/h3-11,14-15H,12-13H2,1-2H3,(H2,24,26). The van der Waals surface area contributed by atoms with Gasteiger partial charge in [-0.05, 0) is 44.4 Å². The van der Waals surface area contributed by atoms with Crippen molar-refractivity contribution in [2.75, 3.05) is 0 Å². The molecule has 0 radical (unpaired) electrons. The van der Waals surface area contributed by atoms with Crippen LogP contribution >= 0.6 is 11.6 Å². The summed E-state index contributed by atoms with van der Waals surface area (Å²) >= 11 is 6.42. The number of carbonyl (C=O) groups excluding carboxylic acids is 1. The molecule has 0 aliphatic heterocycles. The third-order valence-electron chi connectivity index (χ3n) is 4.84. The van der Waals surface area contributed by atoms with Gasteiger partial charge in [-0.15, -0.1) is 0 Å². The van der Waals surface area contributed by atoms with E-state index in [0.717, 1.165) is 29.8 Å². The molecule has 2 N–H and O–H groups in total. The molecule has 0 spiro atoms. The largest absolute Gasteiger partial charge is 0.366 e. The number of halogens is 1. The highest BCUT2D eigenvalue weighted by Crippen LogP contribution is 2.34. The molecule has 26 heavy (non-hydrogen) atoms. The molecule has 3 aromatic rings. The molecule has 0 bridgehead atoms. The minimum absolute atomic E-state index is 0.203. The topological polar surface area (TPSA) is 48.0 Å². The quantitative estimate of drug-likeness (QED) is 0.623. The second-order valence-corrected chi connectivity index (χ2v) is 7.02. The summed E-state index contributed by atoms with van der Waals surface area (Å²) in [6.45, 7) is 4.11. The first-order valence-electron chi connectivity index (χ1n) is 8.79. The van der Waals surface area contributed by atoms with Gasteiger partial charge in [0.1, 0.15) is 0 Å². The Kier molecular flexibility index (Phi) is 5.48. The van der Waals surface area contributed by atoms with Crippen LogP contribution in [-0.2, 0) is 6.42 Å². The van der Waals surface area contributed by atoms with Crippen LogP contribution in [0, 0.1) is 6.92 Å². The maximum atomic E-state index is 11.9. The Morgan fingerprint density at radius 1 is 1.12 bits per heavy atom. The number of aryl methyl sites for hydroxylation is 1. The van der Waals surface area contributed by atoms with Gasteiger partial charge in [0, 0.05) is 22.3 Å². The Morgan fingerprint density at radius 2 is 1.77 bits per heavy atom. The molecule has 0 saturated carbocycles. The van der Waals surface area contributed by atoms with Crippen LogP contribution in [0.15, 0.2) is 60.7 Å². The van der Waals surface area contributed by atoms with E-state index in [9.17, 15) is 4.79 Å². The summed E-state index contributed by atoms with van der Waals surface area (Å²) in [6.07, 6.45) is 1.92. The van der Waals surface area contributed by atoms with Crippen molar-refractivity contribution >= 4 is 17.5 Å². The van der Waals surface area contributed by atoms with E-state index in [1.54, 1.807) is 0 Å². The summed E-state index contributed by atoms with van der Waals surface area (Å²) in [5.74, 6) is -0.412. The molecule has 0 saturated heterocycles. The van der Waals surface area contributed by atoms with Gasteiger partial charge >= 0.3 is 0 Å². The van der Waals surface area contributed by atoms with E-state index < -0.39 is 5.91 Å². The molecule has 1 amide bonds. The van der Waals surface area contributed by atoms with E-state index in [-0.39, 0.29) is 6.04 Å². The number of nitrogens with two attached hydrogens (primary N) is 1. The van der Waals surface area contributed by atoms with Crippen molar-refractivity contribution in [3.63, 3.8) is 0 Å². The fraction of sp³-hybridized carbons (Fsp3) is 0.227. The Bertz CT molecular complexity index is 915. The number of benzene rings is 2. The van der Waals surface area contributed by atoms with E-state index >= 15 is 0 Å². The van der Waals surface area contributed by atoms with Gasteiger partial charge in [-0.2, -0.15) is 0 Å². The lowest BCUT2D eigenvalue weighted by Gasteiger charge is -2.20. The van der Waals surface area contributed by atoms with Crippen LogP contribution in [0.4, 0.5) is 0 Å². The van der Waals surface area contributed by atoms with Crippen LogP contribution in [0.5, 0.6) is 0 Å². The fourth-order valence-corrected chi connectivity index (χ4v) is 3.70. The van der Waals surface area contributed by atoms with Crippen molar-refractivity contribution in [3.8, 4) is 11.3 Å². The molecule has 0 fully saturated rings. The third-order valence-corrected chi connectivity index (χ3v) is 5.17. The molecule has 1 atom stereocenters. The van der Waals surface area contributed by atoms with Crippen molar-refractivity contribution in [2.24, 2.45) is 5.73 Å². The SMILES string of the molecule is Cc1c(C(N)=O)cc(-c2ccccc2Cl)n1C(C)CCc1ccccc1. The number of hydrogen-bond acceptors (Lipinski definition) is 1. The second kappa shape index (κ2) is 7.79. The average molecular weight is 367 g/mol. The molecule has 0 aliphatic carbocycles. The van der Waals surface area contributed by atoms with Crippen molar-refractivity contribution in [3.05, 3.63) is 82.5 Å². The molecule has 1 aromatic heterocycles. The van der Waals surface area contributed by atoms with E-state index in [1.807, 2.05) is 43.3 Å². The first-order chi connectivity index (χ1) is 12.5. The van der Waals surface area contributed by atoms with Crippen LogP contribution < -0.4 is 5.73 Å². The highest BCUT2D eigenvalue weighted by Gasteiger charge is 2.21. The number of aromatic nitrogens is 1. The van der Waals surface area contributed by atoms with Gasteiger partial charge in [-0.25, -0.2) is 0 Å². The van der Waals surface area contributed by atoms with Crippen LogP contribution in [0.3, 0.4) is 0 Å². The van der Waals surface area contributed by atoms with Gasteiger partial charge in [0.05, 0.1) is 11.3 Å². The lowest BCUT2D eigenvalue weighted by molar-refractivity contribution is 0.0999. The molecule has 0 aliphatic rings. The first-order valence-corrected chi connectivity index (χ1v) is 9.17. The third kappa shape index (κ3) is 3.68. The highest BCUT2D eigenvalue weighted by atomic mass is 35.5. The summed E-state index contributed by atoms with van der Waals surface area (Å²) in [4.78, 5) is 11.9. The van der Waals surface area contributed by atoms with Crippen molar-refractivity contribution in [1.29, 1.82) is 0 Å². The number of primary amides is 1. The lowest BCUT2D eigenvalue weighted by Crippen LogP contribution is -2.14. The summed E-state index contributed by atoms with van der Waals surface area (Å²) in [5.41, 5.74) is 10.2. The maximum absolute atomic E-state index is 11.9. The Morgan fingerprint density at radius 3 is 2.42 bits per heavy atom. The van der Waals surface area contributed by atoms with E-state index in [4.69, 9.17) is 17.3 Å². The van der Waals surface area contributed by atoms with Crippen molar-refractivity contribution in [1.82, 2.24) is 4.57 Å². The molecule has 1 unspecified atom stereocenters. The summed E-state index contributed by atoms with van der Waals surface area (Å²) in [5, 5.41) is 0.664. The van der Waals surface area contributed by atoms with Crippen LogP contribution in [0.25, 0.3) is 11.3 Å². The Balaban J connectivity index is 1.99. The fourth-order valence-electron chi connectivity index (χ4n) is 3.46. The summed E-state index contributed by atoms with van der Waals surface area (Å²) in [7, 11) is 0. The van der Waals surface area contributed by atoms with Gasteiger partial charge in [0.2, 0.25) is 0 Å². The minimum Gasteiger partial charge on any atom is -0.366 e. The second-order valence-electron chi connectivity index (χ2n) is 6.62. The smallest absolute Gasteiger partial charge is 0.250 e. The number of nitrogens with zero attached hydrogens (tertiary/aromatic N) is 1. The zero-order valence-corrected chi connectivity index (χ0v) is 15.8. The number of hydrogen-bond donors (Lipinski definition) is 1. The molecule has 3 rings (SSSR count). The molecule has 1 heterocycles. The molecular weight excluding hydrogens is 344 g/mol. The van der Waals surface area contributed by atoms with Crippen LogP contribution in [0.1, 0.15) is 41.0 Å². The summed E-state index contributed by atoms with van der Waals surface area (Å²) < 4.78 is 2.18. The average Bonchev–Trinajstić information content (AvgIpc) is 2.98. The zero-order valence-electron chi connectivity index (χ0n) is 15.1. The molecule has 134 valence electrons.